The lowest BCUT2D eigenvalue weighted by Crippen LogP contribution is -2.34. The largest absolute Gasteiger partial charge is 0.497 e. The van der Waals surface area contributed by atoms with Gasteiger partial charge in [0.15, 0.2) is 0 Å². The number of carbonyl (C=O) groups excluding carboxylic acids is 2. The van der Waals surface area contributed by atoms with Gasteiger partial charge in [0.2, 0.25) is 5.91 Å². The lowest BCUT2D eigenvalue weighted by atomic mass is 10.2. The fourth-order valence-electron chi connectivity index (χ4n) is 2.01. The van der Waals surface area contributed by atoms with Crippen molar-refractivity contribution in [3.8, 4) is 5.75 Å². The minimum Gasteiger partial charge on any atom is -0.497 e. The molecule has 1 N–H and O–H groups in total. The molecule has 0 aliphatic rings. The number of hydrogen-bond acceptors (Lipinski definition) is 3. The molecule has 0 bridgehead atoms. The first-order valence-corrected chi connectivity index (χ1v) is 7.80. The average Bonchev–Trinajstić information content (AvgIpc) is 2.57. The van der Waals surface area contributed by atoms with Crippen LogP contribution in [0.1, 0.15) is 10.4 Å². The molecule has 0 fully saturated rings. The van der Waals surface area contributed by atoms with Gasteiger partial charge in [-0.15, -0.1) is 0 Å². The van der Waals surface area contributed by atoms with Gasteiger partial charge in [-0.3, -0.25) is 9.59 Å². The van der Waals surface area contributed by atoms with Gasteiger partial charge in [0.05, 0.1) is 23.7 Å². The molecule has 5 nitrogen and oxygen atoms in total. The number of nitrogens with one attached hydrogen (secondary N) is 1. The van der Waals surface area contributed by atoms with Crippen LogP contribution in [0.2, 0.25) is 10.0 Å². The highest BCUT2D eigenvalue weighted by molar-refractivity contribution is 6.42. The van der Waals surface area contributed by atoms with Crippen LogP contribution in [0.5, 0.6) is 5.75 Å². The molecule has 0 spiro atoms. The first-order valence-electron chi connectivity index (χ1n) is 7.05. The lowest BCUT2D eigenvalue weighted by molar-refractivity contribution is -0.116. The molecule has 0 heterocycles. The Morgan fingerprint density at radius 3 is 2.33 bits per heavy atom. The second kappa shape index (κ2) is 8.04. The average molecular weight is 367 g/mol. The number of halogens is 2. The van der Waals surface area contributed by atoms with Crippen molar-refractivity contribution in [3.05, 3.63) is 58.1 Å². The molecule has 0 aromatic heterocycles. The molecule has 0 unspecified atom stereocenters. The Kier molecular flexibility index (Phi) is 6.06. The smallest absolute Gasteiger partial charge is 0.254 e. The molecular formula is C17H16Cl2N2O3. The van der Waals surface area contributed by atoms with Crippen LogP contribution >= 0.6 is 23.2 Å². The number of carbonyl (C=O) groups is 2. The second-order valence-corrected chi connectivity index (χ2v) is 5.88. The molecule has 2 amide bonds. The number of amides is 2. The summed E-state index contributed by atoms with van der Waals surface area (Å²) in [4.78, 5) is 25.7. The van der Waals surface area contributed by atoms with Gasteiger partial charge in [-0.05, 0) is 42.5 Å². The van der Waals surface area contributed by atoms with Gasteiger partial charge in [-0.25, -0.2) is 0 Å². The summed E-state index contributed by atoms with van der Waals surface area (Å²) in [5.74, 6) is 0.0643. The highest BCUT2D eigenvalue weighted by Gasteiger charge is 2.16. The van der Waals surface area contributed by atoms with E-state index in [9.17, 15) is 9.59 Å². The monoisotopic (exact) mass is 366 g/mol. The summed E-state index contributed by atoms with van der Waals surface area (Å²) in [6, 6.07) is 11.5. The predicted molar refractivity (Wildman–Crippen MR) is 95.0 cm³/mol. The molecule has 24 heavy (non-hydrogen) atoms. The predicted octanol–water partition coefficient (Wildman–Crippen LogP) is 3.71. The zero-order valence-corrected chi connectivity index (χ0v) is 14.7. The summed E-state index contributed by atoms with van der Waals surface area (Å²) in [5, 5.41) is 3.37. The minimum absolute atomic E-state index is 0.0922. The van der Waals surface area contributed by atoms with E-state index in [2.05, 4.69) is 5.32 Å². The van der Waals surface area contributed by atoms with E-state index in [-0.39, 0.29) is 18.4 Å². The molecule has 0 atom stereocenters. The van der Waals surface area contributed by atoms with Crippen molar-refractivity contribution in [2.75, 3.05) is 26.0 Å². The first-order chi connectivity index (χ1) is 11.4. The van der Waals surface area contributed by atoms with Gasteiger partial charge in [0.1, 0.15) is 5.75 Å². The Labute approximate surface area is 150 Å². The highest BCUT2D eigenvalue weighted by Crippen LogP contribution is 2.23. The number of hydrogen-bond donors (Lipinski definition) is 1. The van der Waals surface area contributed by atoms with E-state index in [1.54, 1.807) is 50.6 Å². The van der Waals surface area contributed by atoms with Crippen LogP contribution < -0.4 is 10.1 Å². The Morgan fingerprint density at radius 2 is 1.75 bits per heavy atom. The van der Waals surface area contributed by atoms with Crippen molar-refractivity contribution in [1.29, 1.82) is 0 Å². The minimum atomic E-state index is -0.321. The zero-order chi connectivity index (χ0) is 17.7. The number of anilines is 1. The van der Waals surface area contributed by atoms with Crippen molar-refractivity contribution >= 4 is 40.7 Å². The van der Waals surface area contributed by atoms with Crippen molar-refractivity contribution < 1.29 is 14.3 Å². The van der Waals surface area contributed by atoms with Crippen molar-refractivity contribution in [2.45, 2.75) is 0 Å². The number of ether oxygens (including phenoxy) is 1. The molecule has 2 aromatic rings. The molecule has 126 valence electrons. The highest BCUT2D eigenvalue weighted by atomic mass is 35.5. The molecule has 0 saturated heterocycles. The summed E-state index contributed by atoms with van der Waals surface area (Å²) in [5.41, 5.74) is 0.986. The molecule has 0 radical (unpaired) electrons. The SMILES string of the molecule is COc1ccc(NC(=O)CN(C)C(=O)c2ccc(Cl)c(Cl)c2)cc1. The molecule has 2 aromatic carbocycles. The van der Waals surface area contributed by atoms with Gasteiger partial charge in [-0.2, -0.15) is 0 Å². The Hall–Kier alpha value is -2.24. The van der Waals surface area contributed by atoms with E-state index >= 15 is 0 Å². The number of methoxy groups -OCH3 is 1. The molecule has 0 saturated carbocycles. The van der Waals surface area contributed by atoms with E-state index in [1.807, 2.05) is 0 Å². The van der Waals surface area contributed by atoms with Crippen LogP contribution in [0.15, 0.2) is 42.5 Å². The van der Waals surface area contributed by atoms with Gasteiger partial charge >= 0.3 is 0 Å². The molecule has 2 rings (SSSR count). The summed E-state index contributed by atoms with van der Waals surface area (Å²) >= 11 is 11.7. The number of rotatable bonds is 5. The van der Waals surface area contributed by atoms with Crippen LogP contribution in [0, 0.1) is 0 Å². The Balaban J connectivity index is 1.96. The summed E-state index contributed by atoms with van der Waals surface area (Å²) < 4.78 is 5.05. The third-order valence-corrected chi connectivity index (χ3v) is 4.01. The van der Waals surface area contributed by atoms with Crippen molar-refractivity contribution in [1.82, 2.24) is 4.90 Å². The van der Waals surface area contributed by atoms with Gasteiger partial charge in [-0.1, -0.05) is 23.2 Å². The maximum absolute atomic E-state index is 12.3. The first kappa shape index (κ1) is 18.1. The van der Waals surface area contributed by atoms with E-state index in [0.717, 1.165) is 0 Å². The van der Waals surface area contributed by atoms with Gasteiger partial charge < -0.3 is 15.0 Å². The fraction of sp³-hybridized carbons (Fsp3) is 0.176. The van der Waals surface area contributed by atoms with E-state index < -0.39 is 0 Å². The van der Waals surface area contributed by atoms with Crippen molar-refractivity contribution in [3.63, 3.8) is 0 Å². The molecule has 7 heteroatoms. The lowest BCUT2D eigenvalue weighted by Gasteiger charge is -2.17. The maximum Gasteiger partial charge on any atom is 0.254 e. The Bertz CT molecular complexity index is 748. The van der Waals surface area contributed by atoms with E-state index in [0.29, 0.717) is 27.0 Å². The van der Waals surface area contributed by atoms with Crippen LogP contribution in [0.3, 0.4) is 0 Å². The summed E-state index contributed by atoms with van der Waals surface area (Å²) in [6.07, 6.45) is 0. The van der Waals surface area contributed by atoms with Crippen molar-refractivity contribution in [2.24, 2.45) is 0 Å². The molecular weight excluding hydrogens is 351 g/mol. The quantitative estimate of drug-likeness (QED) is 0.877. The number of nitrogens with zero attached hydrogens (tertiary/aromatic N) is 1. The zero-order valence-electron chi connectivity index (χ0n) is 13.2. The maximum atomic E-state index is 12.3. The third-order valence-electron chi connectivity index (χ3n) is 3.27. The van der Waals surface area contributed by atoms with Crippen LogP contribution in [-0.4, -0.2) is 37.4 Å². The van der Waals surface area contributed by atoms with Crippen LogP contribution in [0.4, 0.5) is 5.69 Å². The van der Waals surface area contributed by atoms with Crippen LogP contribution in [-0.2, 0) is 4.79 Å². The topological polar surface area (TPSA) is 58.6 Å². The summed E-state index contributed by atoms with van der Waals surface area (Å²) in [7, 11) is 3.11. The van der Waals surface area contributed by atoms with Gasteiger partial charge in [0, 0.05) is 18.3 Å². The Morgan fingerprint density at radius 1 is 1.08 bits per heavy atom. The summed E-state index contributed by atoms with van der Waals surface area (Å²) in [6.45, 7) is -0.0922. The normalized spacial score (nSPS) is 10.2. The van der Waals surface area contributed by atoms with E-state index in [1.165, 1.54) is 11.0 Å². The van der Waals surface area contributed by atoms with Gasteiger partial charge in [0.25, 0.3) is 5.91 Å². The molecule has 0 aliphatic carbocycles. The van der Waals surface area contributed by atoms with Crippen LogP contribution in [0.25, 0.3) is 0 Å². The number of benzene rings is 2. The fourth-order valence-corrected chi connectivity index (χ4v) is 2.31. The standard InChI is InChI=1S/C17H16Cl2N2O3/c1-21(17(23)11-3-8-14(18)15(19)9-11)10-16(22)20-12-4-6-13(24-2)7-5-12/h3-9H,10H2,1-2H3,(H,20,22). The number of likely N-dealkylation sites (N-methyl/N-ethyl adjacent to an activating group) is 1. The second-order valence-electron chi connectivity index (χ2n) is 5.07. The van der Waals surface area contributed by atoms with E-state index in [4.69, 9.17) is 27.9 Å². The molecule has 0 aliphatic heterocycles. The third kappa shape index (κ3) is 4.63.